The van der Waals surface area contributed by atoms with Gasteiger partial charge in [0.25, 0.3) is 0 Å². The van der Waals surface area contributed by atoms with Gasteiger partial charge >= 0.3 is 0 Å². The molecule has 2 aromatic heterocycles. The minimum Gasteiger partial charge on any atom is -0.351 e. The van der Waals surface area contributed by atoms with Gasteiger partial charge in [0.2, 0.25) is 0 Å². The highest BCUT2D eigenvalue weighted by molar-refractivity contribution is 8.14. The minimum atomic E-state index is 0.615. The molecule has 2 aromatic rings. The lowest BCUT2D eigenvalue weighted by Gasteiger charge is -2.36. The second-order valence-electron chi connectivity index (χ2n) is 5.32. The predicted molar refractivity (Wildman–Crippen MR) is 84.8 cm³/mol. The molecule has 7 nitrogen and oxygen atoms in total. The zero-order chi connectivity index (χ0) is 14.2. The first-order chi connectivity index (χ1) is 10.3. The minimum absolute atomic E-state index is 0.615. The number of hydrogen-bond donors (Lipinski definition) is 1. The van der Waals surface area contributed by atoms with Gasteiger partial charge in [-0.25, -0.2) is 15.0 Å². The van der Waals surface area contributed by atoms with Crippen LogP contribution in [0.4, 0.5) is 5.82 Å². The molecule has 4 heterocycles. The second-order valence-corrected chi connectivity index (χ2v) is 6.73. The van der Waals surface area contributed by atoms with Gasteiger partial charge in [-0.15, -0.1) is 0 Å². The van der Waals surface area contributed by atoms with Crippen molar-refractivity contribution in [3.63, 3.8) is 0 Å². The number of nitrogens with zero attached hydrogens (tertiary/aromatic N) is 6. The molecular weight excluding hydrogens is 286 g/mol. The van der Waals surface area contributed by atoms with Gasteiger partial charge in [0, 0.05) is 31.4 Å². The summed E-state index contributed by atoms with van der Waals surface area (Å²) in [5.41, 5.74) is 1.65. The SMILES string of the molecule is C[C@@H]1CN=C(N2CCN(c3ncnc4nc[nH]c34)CC2)S1. The molecule has 1 fully saturated rings. The van der Waals surface area contributed by atoms with Gasteiger partial charge in [-0.05, 0) is 0 Å². The number of aliphatic imine (C=N–C) groups is 1. The van der Waals surface area contributed by atoms with Crippen molar-refractivity contribution in [3.05, 3.63) is 12.7 Å². The summed E-state index contributed by atoms with van der Waals surface area (Å²) in [5, 5.41) is 1.82. The van der Waals surface area contributed by atoms with Crippen molar-refractivity contribution in [2.45, 2.75) is 12.2 Å². The summed E-state index contributed by atoms with van der Waals surface area (Å²) < 4.78 is 0. The van der Waals surface area contributed by atoms with Crippen molar-refractivity contribution in [2.24, 2.45) is 4.99 Å². The Kier molecular flexibility index (Phi) is 3.17. The van der Waals surface area contributed by atoms with E-state index in [2.05, 4.69) is 41.7 Å². The maximum atomic E-state index is 4.63. The summed E-state index contributed by atoms with van der Waals surface area (Å²) >= 11 is 1.89. The molecule has 1 atom stereocenters. The van der Waals surface area contributed by atoms with Gasteiger partial charge in [-0.2, -0.15) is 0 Å². The average molecular weight is 303 g/mol. The zero-order valence-corrected chi connectivity index (χ0v) is 12.7. The fourth-order valence-electron chi connectivity index (χ4n) is 2.74. The van der Waals surface area contributed by atoms with Crippen LogP contribution in [0.1, 0.15) is 6.92 Å². The maximum Gasteiger partial charge on any atom is 0.182 e. The van der Waals surface area contributed by atoms with Crippen LogP contribution in [-0.4, -0.2) is 68.0 Å². The quantitative estimate of drug-likeness (QED) is 0.846. The molecule has 4 rings (SSSR count). The summed E-state index contributed by atoms with van der Waals surface area (Å²) in [6, 6.07) is 0. The van der Waals surface area contributed by atoms with Crippen molar-refractivity contribution in [1.29, 1.82) is 0 Å². The summed E-state index contributed by atoms with van der Waals surface area (Å²) in [4.78, 5) is 25.2. The number of fused-ring (bicyclic) bond motifs is 1. The molecule has 0 amide bonds. The third kappa shape index (κ3) is 2.33. The van der Waals surface area contributed by atoms with E-state index in [1.807, 2.05) is 11.8 Å². The van der Waals surface area contributed by atoms with Crippen LogP contribution in [0.2, 0.25) is 0 Å². The van der Waals surface area contributed by atoms with Crippen molar-refractivity contribution in [1.82, 2.24) is 24.8 Å². The molecule has 8 heteroatoms. The van der Waals surface area contributed by atoms with Crippen LogP contribution in [0.5, 0.6) is 0 Å². The topological polar surface area (TPSA) is 73.3 Å². The van der Waals surface area contributed by atoms with Crippen LogP contribution in [0.15, 0.2) is 17.6 Å². The smallest absolute Gasteiger partial charge is 0.182 e. The van der Waals surface area contributed by atoms with Gasteiger partial charge in [0.15, 0.2) is 16.6 Å². The summed E-state index contributed by atoms with van der Waals surface area (Å²) in [6.07, 6.45) is 3.26. The number of nitrogens with one attached hydrogen (secondary N) is 1. The van der Waals surface area contributed by atoms with Gasteiger partial charge in [0.1, 0.15) is 11.8 Å². The molecule has 2 aliphatic heterocycles. The number of hydrogen-bond acceptors (Lipinski definition) is 7. The van der Waals surface area contributed by atoms with Crippen LogP contribution >= 0.6 is 11.8 Å². The molecule has 0 spiro atoms. The highest BCUT2D eigenvalue weighted by atomic mass is 32.2. The first-order valence-corrected chi connectivity index (χ1v) is 8.04. The fourth-order valence-corrected chi connectivity index (χ4v) is 3.73. The van der Waals surface area contributed by atoms with E-state index >= 15 is 0 Å². The molecule has 0 radical (unpaired) electrons. The molecule has 0 unspecified atom stereocenters. The largest absolute Gasteiger partial charge is 0.351 e. The van der Waals surface area contributed by atoms with Gasteiger partial charge in [0.05, 0.1) is 12.9 Å². The molecule has 21 heavy (non-hydrogen) atoms. The summed E-state index contributed by atoms with van der Waals surface area (Å²) in [5.74, 6) is 0.950. The monoisotopic (exact) mass is 303 g/mol. The molecule has 1 saturated heterocycles. The number of piperazine rings is 1. The maximum absolute atomic E-state index is 4.63. The number of rotatable bonds is 1. The second kappa shape index (κ2) is 5.18. The van der Waals surface area contributed by atoms with E-state index in [0.29, 0.717) is 5.25 Å². The van der Waals surface area contributed by atoms with Crippen molar-refractivity contribution in [3.8, 4) is 0 Å². The number of thioether (sulfide) groups is 1. The van der Waals surface area contributed by atoms with Gasteiger partial charge in [-0.3, -0.25) is 4.99 Å². The molecular formula is C13H17N7S. The van der Waals surface area contributed by atoms with Crippen LogP contribution in [0.3, 0.4) is 0 Å². The van der Waals surface area contributed by atoms with Crippen molar-refractivity contribution < 1.29 is 0 Å². The normalized spacial score (nSPS) is 22.9. The summed E-state index contributed by atoms with van der Waals surface area (Å²) in [6.45, 7) is 7.03. The Morgan fingerprint density at radius 3 is 2.71 bits per heavy atom. The number of aromatic nitrogens is 4. The van der Waals surface area contributed by atoms with E-state index in [0.717, 1.165) is 49.7 Å². The first-order valence-electron chi connectivity index (χ1n) is 7.16. The van der Waals surface area contributed by atoms with Crippen LogP contribution in [-0.2, 0) is 0 Å². The zero-order valence-electron chi connectivity index (χ0n) is 11.9. The molecule has 0 saturated carbocycles. The molecule has 2 aliphatic rings. The van der Waals surface area contributed by atoms with Crippen molar-refractivity contribution in [2.75, 3.05) is 37.6 Å². The number of H-pyrrole nitrogens is 1. The number of aromatic amines is 1. The Bertz CT molecular complexity index is 674. The molecule has 1 N–H and O–H groups in total. The Labute approximate surface area is 126 Å². The summed E-state index contributed by atoms with van der Waals surface area (Å²) in [7, 11) is 0. The number of imidazole rings is 1. The van der Waals surface area contributed by atoms with E-state index < -0.39 is 0 Å². The Morgan fingerprint density at radius 2 is 1.95 bits per heavy atom. The standard InChI is InChI=1S/C13H17N7S/c1-9-6-14-13(21-9)20-4-2-19(3-5-20)12-10-11(16-7-15-10)17-8-18-12/h7-9H,2-6H2,1H3,(H,15,16,17,18)/t9-/m1/s1. The third-order valence-corrected chi connectivity index (χ3v) is 4.99. The van der Waals surface area contributed by atoms with E-state index in [9.17, 15) is 0 Å². The van der Waals surface area contributed by atoms with Gasteiger partial charge in [-0.1, -0.05) is 18.7 Å². The van der Waals surface area contributed by atoms with Crippen LogP contribution in [0.25, 0.3) is 11.2 Å². The van der Waals surface area contributed by atoms with E-state index in [1.54, 1.807) is 12.7 Å². The van der Waals surface area contributed by atoms with Crippen molar-refractivity contribution >= 4 is 33.9 Å². The fraction of sp³-hybridized carbons (Fsp3) is 0.538. The van der Waals surface area contributed by atoms with Crippen LogP contribution in [0, 0.1) is 0 Å². The Morgan fingerprint density at radius 1 is 1.14 bits per heavy atom. The lowest BCUT2D eigenvalue weighted by atomic mass is 10.3. The highest BCUT2D eigenvalue weighted by Gasteiger charge is 2.26. The number of anilines is 1. The van der Waals surface area contributed by atoms with Crippen LogP contribution < -0.4 is 4.90 Å². The third-order valence-electron chi connectivity index (χ3n) is 3.84. The molecule has 0 bridgehead atoms. The predicted octanol–water partition coefficient (Wildman–Crippen LogP) is 0.966. The molecule has 110 valence electrons. The van der Waals surface area contributed by atoms with E-state index in [4.69, 9.17) is 0 Å². The molecule has 0 aromatic carbocycles. The lowest BCUT2D eigenvalue weighted by Crippen LogP contribution is -2.48. The lowest BCUT2D eigenvalue weighted by molar-refractivity contribution is 0.391. The highest BCUT2D eigenvalue weighted by Crippen LogP contribution is 2.25. The first kappa shape index (κ1) is 12.9. The Hall–Kier alpha value is -1.83. The Balaban J connectivity index is 1.49. The van der Waals surface area contributed by atoms with Gasteiger partial charge < -0.3 is 14.8 Å². The van der Waals surface area contributed by atoms with E-state index in [-0.39, 0.29) is 0 Å². The molecule has 0 aliphatic carbocycles. The van der Waals surface area contributed by atoms with E-state index in [1.165, 1.54) is 5.17 Å². The number of amidine groups is 1. The average Bonchev–Trinajstić information content (AvgIpc) is 3.15.